The van der Waals surface area contributed by atoms with Gasteiger partial charge in [0.15, 0.2) is 6.29 Å². The molecule has 0 spiro atoms. The Bertz CT molecular complexity index is 911. The number of hydrogen-bond acceptors (Lipinski definition) is 10. The molecule has 11 nitrogen and oxygen atoms in total. The number of carboxylic acids is 2. The maximum atomic E-state index is 11.4. The van der Waals surface area contributed by atoms with Gasteiger partial charge >= 0.3 is 5.97 Å². The van der Waals surface area contributed by atoms with E-state index in [-0.39, 0.29) is 5.75 Å². The Hall–Kier alpha value is -3.57. The number of aliphatic hydroxyl groups is 1. The summed E-state index contributed by atoms with van der Waals surface area (Å²) in [7, 11) is 0. The summed E-state index contributed by atoms with van der Waals surface area (Å²) in [5.74, 6) is -5.04. The van der Waals surface area contributed by atoms with Crippen LogP contribution in [-0.2, 0) is 20.9 Å². The summed E-state index contributed by atoms with van der Waals surface area (Å²) < 4.78 is 6.67. The number of carboxylic acid groups (broad SMARTS) is 2. The summed E-state index contributed by atoms with van der Waals surface area (Å²) in [4.78, 5) is 49.0. The molecule has 2 rings (SSSR count). The van der Waals surface area contributed by atoms with Crippen LogP contribution in [0.15, 0.2) is 42.9 Å². The Kier molecular flexibility index (Phi) is 11.5. The lowest BCUT2D eigenvalue weighted by molar-refractivity contribution is -0.333. The third-order valence-corrected chi connectivity index (χ3v) is 4.66. The van der Waals surface area contributed by atoms with Crippen LogP contribution in [0.1, 0.15) is 37.2 Å². The van der Waals surface area contributed by atoms with Crippen molar-refractivity contribution in [2.75, 3.05) is 19.6 Å². The summed E-state index contributed by atoms with van der Waals surface area (Å²) in [6.07, 6.45) is 3.10. The number of hydrogen-bond donors (Lipinski definition) is 1. The molecule has 2 heterocycles. The highest BCUT2D eigenvalue weighted by Gasteiger charge is 2.33. The Labute approximate surface area is 191 Å². The standard InChI is InChI=1S/C11H18N2O.C11H11NO7/c1-3-12(4-2)8-9-13-7-5-6-11(13)10-14;13-8(14)4-11(18,10(16)17)5-9(15)19-7-2-1-3-12-6-7/h5-7,10H,3-4,8-9H2,1-2H3;1-3,6,18H,4-5H2,(H,13,14)(H,16,17)/p-2. The average Bonchev–Trinajstić information content (AvgIpc) is 3.22. The first-order chi connectivity index (χ1) is 15.6. The van der Waals surface area contributed by atoms with Crippen molar-refractivity contribution in [1.82, 2.24) is 14.5 Å². The first kappa shape index (κ1) is 27.5. The highest BCUT2D eigenvalue weighted by Crippen LogP contribution is 2.17. The molecule has 0 aliphatic heterocycles. The van der Waals surface area contributed by atoms with E-state index in [1.165, 1.54) is 24.5 Å². The molecular formula is C22H27N3O8-2. The number of esters is 1. The van der Waals surface area contributed by atoms with Crippen LogP contribution in [0.4, 0.5) is 0 Å². The van der Waals surface area contributed by atoms with Gasteiger partial charge in [-0.15, -0.1) is 0 Å². The molecule has 1 atom stereocenters. The number of rotatable bonds is 12. The molecule has 1 N–H and O–H groups in total. The molecule has 0 fully saturated rings. The van der Waals surface area contributed by atoms with Crippen LogP contribution in [0.25, 0.3) is 0 Å². The van der Waals surface area contributed by atoms with Gasteiger partial charge in [-0.2, -0.15) is 0 Å². The van der Waals surface area contributed by atoms with Gasteiger partial charge in [-0.25, -0.2) is 0 Å². The van der Waals surface area contributed by atoms with E-state index in [1.807, 2.05) is 22.9 Å². The maximum Gasteiger partial charge on any atom is 0.314 e. The SMILES string of the molecule is CCN(CC)CCn1cccc1C=O.O=C([O-])CC(O)(CC(=O)Oc1cccnc1)C(=O)[O-]. The lowest BCUT2D eigenvalue weighted by Gasteiger charge is -2.28. The van der Waals surface area contributed by atoms with Crippen LogP contribution in [0.5, 0.6) is 5.75 Å². The second-order valence-corrected chi connectivity index (χ2v) is 6.98. The molecule has 0 saturated heterocycles. The van der Waals surface area contributed by atoms with Crippen molar-refractivity contribution < 1.29 is 39.2 Å². The van der Waals surface area contributed by atoms with Crippen LogP contribution < -0.4 is 14.9 Å². The number of nitrogens with zero attached hydrogens (tertiary/aromatic N) is 3. The van der Waals surface area contributed by atoms with Crippen molar-refractivity contribution in [2.45, 2.75) is 38.8 Å². The molecule has 0 aliphatic rings. The lowest BCUT2D eigenvalue weighted by atomic mass is 9.96. The van der Waals surface area contributed by atoms with Gasteiger partial charge in [-0.05, 0) is 37.4 Å². The molecule has 2 aromatic rings. The molecule has 0 bridgehead atoms. The average molecular weight is 461 g/mol. The topological polar surface area (TPSA) is 165 Å². The van der Waals surface area contributed by atoms with Crippen LogP contribution >= 0.6 is 0 Å². The van der Waals surface area contributed by atoms with Gasteiger partial charge in [0.2, 0.25) is 0 Å². The smallest absolute Gasteiger partial charge is 0.314 e. The first-order valence-corrected chi connectivity index (χ1v) is 10.2. The zero-order valence-electron chi connectivity index (χ0n) is 18.5. The quantitative estimate of drug-likeness (QED) is 0.295. The number of carbonyl (C=O) groups is 4. The number of aldehydes is 1. The minimum Gasteiger partial charge on any atom is -0.550 e. The first-order valence-electron chi connectivity index (χ1n) is 10.2. The van der Waals surface area contributed by atoms with E-state index < -0.39 is 36.4 Å². The van der Waals surface area contributed by atoms with E-state index >= 15 is 0 Å². The summed E-state index contributed by atoms with van der Waals surface area (Å²) in [5.41, 5.74) is -2.12. The van der Waals surface area contributed by atoms with E-state index in [0.717, 1.165) is 38.2 Å². The van der Waals surface area contributed by atoms with Crippen LogP contribution in [0, 0.1) is 0 Å². The van der Waals surface area contributed by atoms with Gasteiger partial charge in [0.25, 0.3) is 0 Å². The fourth-order valence-electron chi connectivity index (χ4n) is 2.79. The predicted molar refractivity (Wildman–Crippen MR) is 112 cm³/mol. The molecule has 0 amide bonds. The summed E-state index contributed by atoms with van der Waals surface area (Å²) in [6.45, 7) is 8.33. The highest BCUT2D eigenvalue weighted by atomic mass is 16.5. The van der Waals surface area contributed by atoms with E-state index in [1.54, 1.807) is 0 Å². The number of likely N-dealkylation sites (N-methyl/N-ethyl adjacent to an activating group) is 1. The summed E-state index contributed by atoms with van der Waals surface area (Å²) in [6, 6.07) is 6.59. The summed E-state index contributed by atoms with van der Waals surface area (Å²) in [5, 5.41) is 30.5. The molecule has 0 radical (unpaired) electrons. The molecule has 33 heavy (non-hydrogen) atoms. The fourth-order valence-corrected chi connectivity index (χ4v) is 2.79. The van der Waals surface area contributed by atoms with E-state index in [2.05, 4.69) is 28.5 Å². The fraction of sp³-hybridized carbons (Fsp3) is 0.409. The third kappa shape index (κ3) is 9.62. The number of carbonyl (C=O) groups excluding carboxylic acids is 4. The largest absolute Gasteiger partial charge is 0.550 e. The van der Waals surface area contributed by atoms with Crippen molar-refractivity contribution >= 4 is 24.2 Å². The minimum absolute atomic E-state index is 0.0293. The Morgan fingerprint density at radius 3 is 2.39 bits per heavy atom. The second kappa shape index (κ2) is 13.8. The zero-order valence-corrected chi connectivity index (χ0v) is 18.5. The number of pyridine rings is 1. The van der Waals surface area contributed by atoms with Gasteiger partial charge in [-0.1, -0.05) is 13.8 Å². The normalized spacial score (nSPS) is 12.2. The Morgan fingerprint density at radius 2 is 1.88 bits per heavy atom. The predicted octanol–water partition coefficient (Wildman–Crippen LogP) is -1.36. The summed E-state index contributed by atoms with van der Waals surface area (Å²) >= 11 is 0. The third-order valence-electron chi connectivity index (χ3n) is 4.66. The van der Waals surface area contributed by atoms with Gasteiger partial charge in [-0.3, -0.25) is 14.6 Å². The molecule has 0 aliphatic carbocycles. The van der Waals surface area contributed by atoms with E-state index in [4.69, 9.17) is 0 Å². The number of aromatic nitrogens is 2. The van der Waals surface area contributed by atoms with Gasteiger partial charge < -0.3 is 39.1 Å². The zero-order chi connectivity index (χ0) is 24.9. The van der Waals surface area contributed by atoms with Gasteiger partial charge in [0, 0.05) is 37.9 Å². The van der Waals surface area contributed by atoms with Crippen molar-refractivity contribution in [3.05, 3.63) is 48.5 Å². The van der Waals surface area contributed by atoms with Gasteiger partial charge in [0.1, 0.15) is 11.4 Å². The monoisotopic (exact) mass is 461 g/mol. The van der Waals surface area contributed by atoms with Crippen molar-refractivity contribution in [3.63, 3.8) is 0 Å². The molecule has 180 valence electrons. The van der Waals surface area contributed by atoms with Crippen LogP contribution in [0.2, 0.25) is 0 Å². The van der Waals surface area contributed by atoms with Crippen molar-refractivity contribution in [1.29, 1.82) is 0 Å². The second-order valence-electron chi connectivity index (χ2n) is 6.98. The van der Waals surface area contributed by atoms with E-state index in [9.17, 15) is 34.5 Å². The molecule has 2 aromatic heterocycles. The molecule has 0 saturated carbocycles. The van der Waals surface area contributed by atoms with Crippen molar-refractivity contribution in [3.8, 4) is 5.75 Å². The number of aliphatic carboxylic acids is 2. The highest BCUT2D eigenvalue weighted by molar-refractivity contribution is 5.87. The molecular weight excluding hydrogens is 434 g/mol. The van der Waals surface area contributed by atoms with E-state index in [0.29, 0.717) is 0 Å². The lowest BCUT2D eigenvalue weighted by Crippen LogP contribution is -2.53. The minimum atomic E-state index is -2.88. The molecule has 0 aromatic carbocycles. The van der Waals surface area contributed by atoms with Gasteiger partial charge in [0.05, 0.1) is 24.3 Å². The van der Waals surface area contributed by atoms with Crippen LogP contribution in [-0.4, -0.2) is 69.0 Å². The number of ether oxygens (including phenoxy) is 1. The molecule has 1 unspecified atom stereocenters. The molecule has 11 heteroatoms. The van der Waals surface area contributed by atoms with Crippen LogP contribution in [0.3, 0.4) is 0 Å². The Balaban J connectivity index is 0.000000346. The van der Waals surface area contributed by atoms with Crippen molar-refractivity contribution in [2.24, 2.45) is 0 Å². The maximum absolute atomic E-state index is 11.4. The Morgan fingerprint density at radius 1 is 1.18 bits per heavy atom.